The number of sulfone groups is 1. The summed E-state index contributed by atoms with van der Waals surface area (Å²) in [4.78, 5) is 5.10. The van der Waals surface area contributed by atoms with Gasteiger partial charge in [0.15, 0.2) is 5.65 Å². The van der Waals surface area contributed by atoms with Gasteiger partial charge in [-0.15, -0.1) is 0 Å². The van der Waals surface area contributed by atoms with Gasteiger partial charge in [0, 0.05) is 40.7 Å². The molecule has 8 heteroatoms. The van der Waals surface area contributed by atoms with Crippen molar-refractivity contribution in [3.63, 3.8) is 0 Å². The Bertz CT molecular complexity index is 1400. The number of hydrogen-bond donors (Lipinski definition) is 1. The molecular formula is C24H25N5O2S. The number of nitrogens with two attached hydrogens (primary N) is 1. The summed E-state index contributed by atoms with van der Waals surface area (Å²) < 4.78 is 27.8. The molecule has 6 rings (SSSR count). The summed E-state index contributed by atoms with van der Waals surface area (Å²) in [6, 6.07) is 12.2. The van der Waals surface area contributed by atoms with E-state index in [4.69, 9.17) is 10.7 Å². The maximum Gasteiger partial charge on any atom is 0.165 e. The van der Waals surface area contributed by atoms with Gasteiger partial charge in [0.2, 0.25) is 0 Å². The Labute approximate surface area is 186 Å². The number of nitrogen functional groups attached to an aromatic ring is 1. The number of aromatic nitrogens is 4. The van der Waals surface area contributed by atoms with Crippen molar-refractivity contribution in [2.24, 2.45) is 0 Å². The van der Waals surface area contributed by atoms with E-state index in [1.165, 1.54) is 0 Å². The van der Waals surface area contributed by atoms with Gasteiger partial charge in [-0.25, -0.2) is 13.4 Å². The van der Waals surface area contributed by atoms with Crippen LogP contribution in [0.5, 0.6) is 0 Å². The van der Waals surface area contributed by atoms with Crippen LogP contribution in [0.25, 0.3) is 22.5 Å². The standard InChI is InChI=1S/C24H25N5O2S/c25-23-21(16-6-7-16)22(17-9-12-32(30,31)13-10-17)27-24-20(14-26-29(23)24)18-8-11-28(15-18)19-4-2-1-3-5-19/h1-5,8,11,14-17H,6-7,9-10,12-13,25H2. The molecule has 0 unspecified atom stereocenters. The van der Waals surface area contributed by atoms with Crippen LogP contribution in [0.4, 0.5) is 5.82 Å². The third-order valence-electron chi connectivity index (χ3n) is 6.74. The molecule has 4 heterocycles. The number of benzene rings is 1. The van der Waals surface area contributed by atoms with Crippen LogP contribution >= 0.6 is 0 Å². The molecule has 1 saturated heterocycles. The zero-order chi connectivity index (χ0) is 21.9. The molecule has 0 radical (unpaired) electrons. The molecule has 0 bridgehead atoms. The molecule has 0 amide bonds. The highest BCUT2D eigenvalue weighted by atomic mass is 32.2. The SMILES string of the molecule is Nc1c(C2CC2)c(C2CCS(=O)(=O)CC2)nc2c(-c3ccn(-c4ccccc4)c3)cnn12. The van der Waals surface area contributed by atoms with Crippen molar-refractivity contribution in [3.8, 4) is 16.8 Å². The molecule has 7 nitrogen and oxygen atoms in total. The molecule has 4 aromatic rings. The predicted octanol–water partition coefficient (Wildman–Crippen LogP) is 3.94. The van der Waals surface area contributed by atoms with E-state index in [-0.39, 0.29) is 17.4 Å². The quantitative estimate of drug-likeness (QED) is 0.511. The number of para-hydroxylation sites is 1. The summed E-state index contributed by atoms with van der Waals surface area (Å²) in [7, 11) is -2.94. The zero-order valence-electron chi connectivity index (χ0n) is 17.7. The Hall–Kier alpha value is -3.13. The van der Waals surface area contributed by atoms with Crippen molar-refractivity contribution in [1.29, 1.82) is 0 Å². The van der Waals surface area contributed by atoms with Crippen LogP contribution in [-0.4, -0.2) is 39.1 Å². The fraction of sp³-hybridized carbons (Fsp3) is 0.333. The maximum absolute atomic E-state index is 12.0. The van der Waals surface area contributed by atoms with Crippen molar-refractivity contribution in [3.05, 3.63) is 66.2 Å². The highest BCUT2D eigenvalue weighted by Crippen LogP contribution is 2.47. The number of hydrogen-bond acceptors (Lipinski definition) is 5. The molecule has 1 saturated carbocycles. The summed E-state index contributed by atoms with van der Waals surface area (Å²) in [5, 5.41) is 4.58. The van der Waals surface area contributed by atoms with Gasteiger partial charge in [-0.05, 0) is 49.8 Å². The fourth-order valence-corrected chi connectivity index (χ4v) is 6.32. The van der Waals surface area contributed by atoms with Gasteiger partial charge in [0.25, 0.3) is 0 Å². The van der Waals surface area contributed by atoms with Crippen LogP contribution in [-0.2, 0) is 9.84 Å². The summed E-state index contributed by atoms with van der Waals surface area (Å²) >= 11 is 0. The first-order chi connectivity index (χ1) is 15.5. The normalized spacial score (nSPS) is 18.9. The second-order valence-electron chi connectivity index (χ2n) is 8.93. The minimum atomic E-state index is -2.94. The van der Waals surface area contributed by atoms with E-state index in [0.717, 1.165) is 46.6 Å². The van der Waals surface area contributed by atoms with Crippen molar-refractivity contribution in [2.45, 2.75) is 37.5 Å². The average Bonchev–Trinajstić information content (AvgIpc) is 3.34. The van der Waals surface area contributed by atoms with Crippen molar-refractivity contribution >= 4 is 21.3 Å². The zero-order valence-corrected chi connectivity index (χ0v) is 18.5. The molecule has 2 N–H and O–H groups in total. The predicted molar refractivity (Wildman–Crippen MR) is 125 cm³/mol. The summed E-state index contributed by atoms with van der Waals surface area (Å²) in [5.41, 5.74) is 12.5. The molecule has 0 atom stereocenters. The van der Waals surface area contributed by atoms with Gasteiger partial charge >= 0.3 is 0 Å². The van der Waals surface area contributed by atoms with Crippen LogP contribution in [0.15, 0.2) is 55.0 Å². The molecule has 1 aliphatic heterocycles. The van der Waals surface area contributed by atoms with Crippen molar-refractivity contribution in [2.75, 3.05) is 17.2 Å². The van der Waals surface area contributed by atoms with E-state index >= 15 is 0 Å². The third-order valence-corrected chi connectivity index (χ3v) is 8.45. The summed E-state index contributed by atoms with van der Waals surface area (Å²) in [6.45, 7) is 0. The van der Waals surface area contributed by atoms with Crippen LogP contribution in [0, 0.1) is 0 Å². The van der Waals surface area contributed by atoms with E-state index in [0.29, 0.717) is 24.6 Å². The van der Waals surface area contributed by atoms with Gasteiger partial charge in [0.1, 0.15) is 15.7 Å². The smallest absolute Gasteiger partial charge is 0.165 e. The summed E-state index contributed by atoms with van der Waals surface area (Å²) in [6.07, 6.45) is 9.36. The molecule has 2 fully saturated rings. The van der Waals surface area contributed by atoms with Crippen molar-refractivity contribution in [1.82, 2.24) is 19.2 Å². The van der Waals surface area contributed by atoms with E-state index in [1.807, 2.05) is 30.6 Å². The van der Waals surface area contributed by atoms with E-state index < -0.39 is 9.84 Å². The Morgan fingerprint density at radius 2 is 1.72 bits per heavy atom. The summed E-state index contributed by atoms with van der Waals surface area (Å²) in [5.74, 6) is 1.63. The maximum atomic E-state index is 12.0. The first kappa shape index (κ1) is 19.5. The number of nitrogens with zero attached hydrogens (tertiary/aromatic N) is 4. The molecule has 2 aliphatic rings. The molecule has 32 heavy (non-hydrogen) atoms. The minimum absolute atomic E-state index is 0.123. The minimum Gasteiger partial charge on any atom is -0.383 e. The van der Waals surface area contributed by atoms with E-state index in [2.05, 4.69) is 34.1 Å². The molecule has 1 aliphatic carbocycles. The molecule has 0 spiro atoms. The Morgan fingerprint density at radius 1 is 0.969 bits per heavy atom. The monoisotopic (exact) mass is 447 g/mol. The number of rotatable bonds is 4. The topological polar surface area (TPSA) is 95.3 Å². The van der Waals surface area contributed by atoms with Gasteiger partial charge in [-0.1, -0.05) is 18.2 Å². The first-order valence-corrected chi connectivity index (χ1v) is 12.9. The largest absolute Gasteiger partial charge is 0.383 e. The van der Waals surface area contributed by atoms with Crippen LogP contribution in [0.1, 0.15) is 48.8 Å². The van der Waals surface area contributed by atoms with Crippen LogP contribution < -0.4 is 5.73 Å². The van der Waals surface area contributed by atoms with E-state index in [1.54, 1.807) is 4.52 Å². The van der Waals surface area contributed by atoms with Gasteiger partial charge in [-0.2, -0.15) is 9.61 Å². The molecular weight excluding hydrogens is 422 g/mol. The van der Waals surface area contributed by atoms with E-state index in [9.17, 15) is 8.42 Å². The number of anilines is 1. The lowest BCUT2D eigenvalue weighted by Gasteiger charge is -2.24. The fourth-order valence-electron chi connectivity index (χ4n) is 4.83. The highest BCUT2D eigenvalue weighted by Gasteiger charge is 2.35. The van der Waals surface area contributed by atoms with Gasteiger partial charge in [-0.3, -0.25) is 0 Å². The van der Waals surface area contributed by atoms with Crippen molar-refractivity contribution < 1.29 is 8.42 Å². The first-order valence-electron chi connectivity index (χ1n) is 11.1. The molecule has 164 valence electrons. The Kier molecular flexibility index (Phi) is 4.40. The van der Waals surface area contributed by atoms with Gasteiger partial charge < -0.3 is 10.3 Å². The van der Waals surface area contributed by atoms with Gasteiger partial charge in [0.05, 0.1) is 23.4 Å². The van der Waals surface area contributed by atoms with Crippen LogP contribution in [0.2, 0.25) is 0 Å². The lowest BCUT2D eigenvalue weighted by Crippen LogP contribution is -2.24. The lowest BCUT2D eigenvalue weighted by molar-refractivity contribution is 0.542. The molecule has 3 aromatic heterocycles. The van der Waals surface area contributed by atoms with Crippen LogP contribution in [0.3, 0.4) is 0 Å². The molecule has 1 aromatic carbocycles. The Balaban J connectivity index is 1.46. The highest BCUT2D eigenvalue weighted by molar-refractivity contribution is 7.91. The average molecular weight is 448 g/mol. The Morgan fingerprint density at radius 3 is 2.44 bits per heavy atom. The second kappa shape index (κ2) is 7.20. The lowest BCUT2D eigenvalue weighted by atomic mass is 9.92. The number of fused-ring (bicyclic) bond motifs is 1. The second-order valence-corrected chi connectivity index (χ2v) is 11.2. The third kappa shape index (κ3) is 3.30.